The van der Waals surface area contributed by atoms with E-state index < -0.39 is 0 Å². The molecule has 2 heterocycles. The molecule has 3 N–H and O–H groups in total. The van der Waals surface area contributed by atoms with Gasteiger partial charge in [0.15, 0.2) is 0 Å². The lowest BCUT2D eigenvalue weighted by atomic mass is 10.1. The number of nitrogens with zero attached hydrogens (tertiary/aromatic N) is 2. The molecule has 0 aliphatic carbocycles. The van der Waals surface area contributed by atoms with Crippen molar-refractivity contribution in [1.29, 1.82) is 0 Å². The monoisotopic (exact) mass is 343 g/mol. The standard InChI is InChI=1S/C16H14ClN5O2/c1-9(23)20-14-4-5-18-16(22-14)19-8-11-6-10-7-12(17)2-3-13(10)21-15(11)24/h2-7H,8H2,1H3,(H,21,24)(H2,18,19,20,22,23). The van der Waals surface area contributed by atoms with Gasteiger partial charge in [-0.1, -0.05) is 11.6 Å². The third-order valence-corrected chi connectivity index (χ3v) is 3.51. The van der Waals surface area contributed by atoms with Crippen molar-refractivity contribution < 1.29 is 4.79 Å². The highest BCUT2D eigenvalue weighted by Crippen LogP contribution is 2.17. The zero-order valence-electron chi connectivity index (χ0n) is 12.8. The molecule has 0 atom stereocenters. The first-order chi connectivity index (χ1) is 11.5. The second kappa shape index (κ2) is 6.67. The predicted molar refractivity (Wildman–Crippen MR) is 93.2 cm³/mol. The van der Waals surface area contributed by atoms with Gasteiger partial charge < -0.3 is 15.6 Å². The summed E-state index contributed by atoms with van der Waals surface area (Å²) >= 11 is 5.98. The van der Waals surface area contributed by atoms with E-state index in [-0.39, 0.29) is 18.0 Å². The molecule has 1 aromatic carbocycles. The summed E-state index contributed by atoms with van der Waals surface area (Å²) in [5.41, 5.74) is 1.05. The summed E-state index contributed by atoms with van der Waals surface area (Å²) in [7, 11) is 0. The van der Waals surface area contributed by atoms with E-state index in [1.165, 1.54) is 13.1 Å². The van der Waals surface area contributed by atoms with E-state index in [2.05, 4.69) is 25.6 Å². The van der Waals surface area contributed by atoms with Crippen LogP contribution in [0.3, 0.4) is 0 Å². The van der Waals surface area contributed by atoms with Gasteiger partial charge in [0.05, 0.1) is 0 Å². The van der Waals surface area contributed by atoms with Crippen LogP contribution in [-0.2, 0) is 11.3 Å². The van der Waals surface area contributed by atoms with Gasteiger partial charge in [0.1, 0.15) is 5.82 Å². The van der Waals surface area contributed by atoms with Crippen LogP contribution < -0.4 is 16.2 Å². The number of nitrogens with one attached hydrogen (secondary N) is 3. The molecule has 2 aromatic heterocycles. The number of anilines is 2. The Morgan fingerprint density at radius 1 is 1.29 bits per heavy atom. The third-order valence-electron chi connectivity index (χ3n) is 3.28. The highest BCUT2D eigenvalue weighted by atomic mass is 35.5. The molecule has 0 aliphatic rings. The lowest BCUT2D eigenvalue weighted by Crippen LogP contribution is -2.16. The Bertz CT molecular complexity index is 970. The predicted octanol–water partition coefficient (Wildman–Crippen LogP) is 2.54. The first-order valence-electron chi connectivity index (χ1n) is 7.17. The summed E-state index contributed by atoms with van der Waals surface area (Å²) in [5, 5.41) is 6.98. The lowest BCUT2D eigenvalue weighted by molar-refractivity contribution is -0.114. The molecule has 0 fully saturated rings. The van der Waals surface area contributed by atoms with Gasteiger partial charge in [-0.25, -0.2) is 4.98 Å². The van der Waals surface area contributed by atoms with E-state index >= 15 is 0 Å². The van der Waals surface area contributed by atoms with Crippen molar-refractivity contribution in [3.05, 3.63) is 57.5 Å². The molecule has 122 valence electrons. The van der Waals surface area contributed by atoms with Gasteiger partial charge in [-0.2, -0.15) is 4.98 Å². The van der Waals surface area contributed by atoms with Crippen LogP contribution in [0.5, 0.6) is 0 Å². The molecule has 1 amide bonds. The average Bonchev–Trinajstić information content (AvgIpc) is 2.53. The number of amides is 1. The van der Waals surface area contributed by atoms with Crippen LogP contribution in [0.25, 0.3) is 10.9 Å². The van der Waals surface area contributed by atoms with Crippen LogP contribution in [-0.4, -0.2) is 20.9 Å². The number of hydrogen-bond acceptors (Lipinski definition) is 5. The summed E-state index contributed by atoms with van der Waals surface area (Å²) in [4.78, 5) is 34.2. The molecule has 0 spiro atoms. The number of carbonyl (C=O) groups is 1. The van der Waals surface area contributed by atoms with E-state index in [4.69, 9.17) is 11.6 Å². The fourth-order valence-corrected chi connectivity index (χ4v) is 2.40. The summed E-state index contributed by atoms with van der Waals surface area (Å²) < 4.78 is 0. The number of pyridine rings is 1. The van der Waals surface area contributed by atoms with Crippen molar-refractivity contribution in [3.8, 4) is 0 Å². The maximum Gasteiger partial charge on any atom is 0.253 e. The van der Waals surface area contributed by atoms with Gasteiger partial charge in [-0.05, 0) is 30.3 Å². The number of halogens is 1. The molecule has 7 nitrogen and oxygen atoms in total. The van der Waals surface area contributed by atoms with E-state index in [1.807, 2.05) is 0 Å². The summed E-state index contributed by atoms with van der Waals surface area (Å²) in [6.45, 7) is 1.64. The largest absolute Gasteiger partial charge is 0.350 e. The van der Waals surface area contributed by atoms with Crippen LogP contribution in [0.15, 0.2) is 41.3 Å². The first-order valence-corrected chi connectivity index (χ1v) is 7.55. The Kier molecular flexibility index (Phi) is 4.43. The molecule has 0 saturated heterocycles. The third kappa shape index (κ3) is 3.69. The Balaban J connectivity index is 1.81. The van der Waals surface area contributed by atoms with Crippen molar-refractivity contribution in [3.63, 3.8) is 0 Å². The van der Waals surface area contributed by atoms with Gasteiger partial charge in [-0.3, -0.25) is 9.59 Å². The highest BCUT2D eigenvalue weighted by Gasteiger charge is 2.06. The minimum absolute atomic E-state index is 0.199. The van der Waals surface area contributed by atoms with Crippen LogP contribution in [0.4, 0.5) is 11.8 Å². The van der Waals surface area contributed by atoms with E-state index in [0.717, 1.165) is 10.9 Å². The Labute approximate surface area is 142 Å². The fourth-order valence-electron chi connectivity index (χ4n) is 2.22. The summed E-state index contributed by atoms with van der Waals surface area (Å²) in [6, 6.07) is 8.61. The first kappa shape index (κ1) is 15.9. The maximum absolute atomic E-state index is 12.1. The molecule has 3 aromatic rings. The highest BCUT2D eigenvalue weighted by molar-refractivity contribution is 6.31. The molecule has 24 heavy (non-hydrogen) atoms. The number of H-pyrrole nitrogens is 1. The molecule has 0 saturated carbocycles. The zero-order chi connectivity index (χ0) is 17.1. The van der Waals surface area contributed by atoms with E-state index in [0.29, 0.717) is 22.4 Å². The normalized spacial score (nSPS) is 10.6. The molecule has 0 radical (unpaired) electrons. The van der Waals surface area contributed by atoms with Crippen LogP contribution in [0, 0.1) is 0 Å². The van der Waals surface area contributed by atoms with E-state index in [1.54, 1.807) is 30.3 Å². The summed E-state index contributed by atoms with van der Waals surface area (Å²) in [6.07, 6.45) is 1.52. The number of benzene rings is 1. The zero-order valence-corrected chi connectivity index (χ0v) is 13.5. The number of fused-ring (bicyclic) bond motifs is 1. The topological polar surface area (TPSA) is 99.8 Å². The van der Waals surface area contributed by atoms with Gasteiger partial charge in [-0.15, -0.1) is 0 Å². The molecule has 0 unspecified atom stereocenters. The van der Waals surface area contributed by atoms with Crippen LogP contribution in [0.1, 0.15) is 12.5 Å². The maximum atomic E-state index is 12.1. The van der Waals surface area contributed by atoms with Crippen molar-refractivity contribution >= 4 is 40.2 Å². The SMILES string of the molecule is CC(=O)Nc1ccnc(NCc2cc3cc(Cl)ccc3[nH]c2=O)n1. The number of rotatable bonds is 4. The van der Waals surface area contributed by atoms with Crippen molar-refractivity contribution in [2.45, 2.75) is 13.5 Å². The van der Waals surface area contributed by atoms with Crippen molar-refractivity contribution in [2.75, 3.05) is 10.6 Å². The molecule has 3 rings (SSSR count). The number of carbonyl (C=O) groups excluding carboxylic acids is 1. The molecule has 0 aliphatic heterocycles. The summed E-state index contributed by atoms with van der Waals surface area (Å²) in [5.74, 6) is 0.480. The molecule has 8 heteroatoms. The van der Waals surface area contributed by atoms with Gasteiger partial charge in [0, 0.05) is 41.2 Å². The van der Waals surface area contributed by atoms with Crippen molar-refractivity contribution in [1.82, 2.24) is 15.0 Å². The van der Waals surface area contributed by atoms with Gasteiger partial charge in [0.2, 0.25) is 11.9 Å². The van der Waals surface area contributed by atoms with Crippen LogP contribution in [0.2, 0.25) is 5.02 Å². The number of aromatic nitrogens is 3. The second-order valence-electron chi connectivity index (χ2n) is 5.16. The van der Waals surface area contributed by atoms with Gasteiger partial charge >= 0.3 is 0 Å². The second-order valence-corrected chi connectivity index (χ2v) is 5.59. The Morgan fingerprint density at radius 3 is 2.92 bits per heavy atom. The van der Waals surface area contributed by atoms with E-state index in [9.17, 15) is 9.59 Å². The fraction of sp³-hybridized carbons (Fsp3) is 0.125. The van der Waals surface area contributed by atoms with Crippen molar-refractivity contribution in [2.24, 2.45) is 0 Å². The van der Waals surface area contributed by atoms with Gasteiger partial charge in [0.25, 0.3) is 5.56 Å². The smallest absolute Gasteiger partial charge is 0.253 e. The minimum Gasteiger partial charge on any atom is -0.350 e. The Hall–Kier alpha value is -2.93. The average molecular weight is 344 g/mol. The number of aromatic amines is 1. The number of hydrogen-bond donors (Lipinski definition) is 3. The quantitative estimate of drug-likeness (QED) is 0.676. The molecular formula is C16H14ClN5O2. The van der Waals surface area contributed by atoms with Crippen LogP contribution >= 0.6 is 11.6 Å². The molecular weight excluding hydrogens is 330 g/mol. The lowest BCUT2D eigenvalue weighted by Gasteiger charge is -2.07. The Morgan fingerprint density at radius 2 is 2.12 bits per heavy atom. The minimum atomic E-state index is -0.220. The molecule has 0 bridgehead atoms.